The van der Waals surface area contributed by atoms with E-state index < -0.39 is 11.7 Å². The fraction of sp³-hybridized carbons (Fsp3) is 1.00. The van der Waals surface area contributed by atoms with Gasteiger partial charge in [-0.25, -0.2) is 0 Å². The fourth-order valence-electron chi connectivity index (χ4n) is 1.29. The van der Waals surface area contributed by atoms with Crippen molar-refractivity contribution in [2.45, 2.75) is 38.3 Å². The monoisotopic (exact) mass is 176 g/mol. The minimum Gasteiger partial charge on any atom is -0.394 e. The van der Waals surface area contributed by atoms with Crippen LogP contribution >= 0.6 is 0 Å². The van der Waals surface area contributed by atoms with Crippen LogP contribution < -0.4 is 0 Å². The summed E-state index contributed by atoms with van der Waals surface area (Å²) in [7, 11) is 0. The molecule has 72 valence electrons. The Hall–Kier alpha value is -0.160. The Morgan fingerprint density at radius 3 is 2.75 bits per heavy atom. The number of aliphatic hydroxyl groups excluding tert-OH is 1. The first-order chi connectivity index (χ1) is 5.62. The van der Waals surface area contributed by atoms with Crippen molar-refractivity contribution in [1.29, 1.82) is 0 Å². The zero-order chi connectivity index (χ0) is 9.19. The van der Waals surface area contributed by atoms with Gasteiger partial charge in [-0.2, -0.15) is 0 Å². The van der Waals surface area contributed by atoms with E-state index in [9.17, 15) is 5.11 Å². The Morgan fingerprint density at radius 1 is 1.58 bits per heavy atom. The van der Waals surface area contributed by atoms with Gasteiger partial charge >= 0.3 is 0 Å². The molecule has 0 aromatic heterocycles. The zero-order valence-electron chi connectivity index (χ0n) is 7.49. The molecule has 0 radical (unpaired) electrons. The summed E-state index contributed by atoms with van der Waals surface area (Å²) in [5.41, 5.74) is -1.03. The second-order valence-corrected chi connectivity index (χ2v) is 3.14. The van der Waals surface area contributed by atoms with Crippen LogP contribution in [-0.4, -0.2) is 41.4 Å². The molecule has 0 aliphatic carbocycles. The number of hydrogen-bond donors (Lipinski definition) is 2. The average molecular weight is 176 g/mol. The van der Waals surface area contributed by atoms with E-state index in [4.69, 9.17) is 14.6 Å². The first-order valence-electron chi connectivity index (χ1n) is 4.22. The van der Waals surface area contributed by atoms with E-state index in [1.807, 2.05) is 6.92 Å². The van der Waals surface area contributed by atoms with Gasteiger partial charge in [0.25, 0.3) is 0 Å². The lowest BCUT2D eigenvalue weighted by Crippen LogP contribution is -2.55. The molecule has 0 aromatic carbocycles. The number of aliphatic hydroxyl groups is 2. The Kier molecular flexibility index (Phi) is 3.06. The maximum atomic E-state index is 9.85. The SMILES string of the molecule is CC[C@@]1(O)CO[C@@H](C)O[C@@H]1CO. The number of rotatable bonds is 2. The van der Waals surface area contributed by atoms with Gasteiger partial charge in [0.2, 0.25) is 0 Å². The number of hydrogen-bond acceptors (Lipinski definition) is 4. The first kappa shape index (κ1) is 9.92. The van der Waals surface area contributed by atoms with Gasteiger partial charge in [0.15, 0.2) is 6.29 Å². The second kappa shape index (κ2) is 3.70. The minimum atomic E-state index is -1.03. The van der Waals surface area contributed by atoms with E-state index in [-0.39, 0.29) is 19.5 Å². The van der Waals surface area contributed by atoms with Crippen LogP contribution in [0.2, 0.25) is 0 Å². The van der Waals surface area contributed by atoms with E-state index in [0.717, 1.165) is 0 Å². The Morgan fingerprint density at radius 2 is 2.25 bits per heavy atom. The van der Waals surface area contributed by atoms with Gasteiger partial charge in [-0.3, -0.25) is 0 Å². The summed E-state index contributed by atoms with van der Waals surface area (Å²) >= 11 is 0. The highest BCUT2D eigenvalue weighted by Gasteiger charge is 2.41. The van der Waals surface area contributed by atoms with Crippen LogP contribution in [0.15, 0.2) is 0 Å². The lowest BCUT2D eigenvalue weighted by atomic mass is 9.94. The van der Waals surface area contributed by atoms with Gasteiger partial charge in [0.05, 0.1) is 13.2 Å². The molecule has 2 N–H and O–H groups in total. The number of ether oxygens (including phenoxy) is 2. The molecule has 1 rings (SSSR count). The van der Waals surface area contributed by atoms with Gasteiger partial charge in [-0.15, -0.1) is 0 Å². The van der Waals surface area contributed by atoms with Gasteiger partial charge in [0.1, 0.15) is 11.7 Å². The molecule has 1 fully saturated rings. The van der Waals surface area contributed by atoms with Crippen LogP contribution in [-0.2, 0) is 9.47 Å². The molecule has 0 aromatic rings. The lowest BCUT2D eigenvalue weighted by Gasteiger charge is -2.40. The normalized spacial score (nSPS) is 43.0. The lowest BCUT2D eigenvalue weighted by molar-refractivity contribution is -0.289. The molecule has 4 nitrogen and oxygen atoms in total. The van der Waals surface area contributed by atoms with Gasteiger partial charge in [-0.1, -0.05) is 6.92 Å². The molecule has 0 amide bonds. The van der Waals surface area contributed by atoms with Crippen molar-refractivity contribution in [1.82, 2.24) is 0 Å². The summed E-state index contributed by atoms with van der Waals surface area (Å²) in [6, 6.07) is 0. The smallest absolute Gasteiger partial charge is 0.155 e. The standard InChI is InChI=1S/C8H16O4/c1-3-8(10)5-11-6(2)12-7(8)4-9/h6-7,9-10H,3-5H2,1-2H3/t6-,7-,8-/m1/s1. The van der Waals surface area contributed by atoms with Crippen molar-refractivity contribution in [2.24, 2.45) is 0 Å². The van der Waals surface area contributed by atoms with Crippen molar-refractivity contribution in [3.05, 3.63) is 0 Å². The molecule has 1 aliphatic heterocycles. The molecule has 0 saturated carbocycles. The molecule has 0 unspecified atom stereocenters. The first-order valence-corrected chi connectivity index (χ1v) is 4.22. The van der Waals surface area contributed by atoms with Crippen LogP contribution in [0, 0.1) is 0 Å². The molecule has 0 bridgehead atoms. The van der Waals surface area contributed by atoms with Crippen LogP contribution in [0.25, 0.3) is 0 Å². The Labute approximate surface area is 72.1 Å². The molecule has 1 saturated heterocycles. The van der Waals surface area contributed by atoms with E-state index in [0.29, 0.717) is 6.42 Å². The van der Waals surface area contributed by atoms with Crippen LogP contribution in [0.5, 0.6) is 0 Å². The van der Waals surface area contributed by atoms with Gasteiger partial charge < -0.3 is 19.7 Å². The fourth-order valence-corrected chi connectivity index (χ4v) is 1.29. The third-order valence-corrected chi connectivity index (χ3v) is 2.30. The van der Waals surface area contributed by atoms with Gasteiger partial charge in [0, 0.05) is 0 Å². The molecular weight excluding hydrogens is 160 g/mol. The average Bonchev–Trinajstić information content (AvgIpc) is 2.09. The van der Waals surface area contributed by atoms with Crippen molar-refractivity contribution in [3.63, 3.8) is 0 Å². The van der Waals surface area contributed by atoms with E-state index in [1.54, 1.807) is 6.92 Å². The quantitative estimate of drug-likeness (QED) is 0.616. The highest BCUT2D eigenvalue weighted by molar-refractivity contribution is 4.88. The largest absolute Gasteiger partial charge is 0.394 e. The van der Waals surface area contributed by atoms with E-state index in [2.05, 4.69) is 0 Å². The van der Waals surface area contributed by atoms with Crippen LogP contribution in [0.1, 0.15) is 20.3 Å². The van der Waals surface area contributed by atoms with E-state index in [1.165, 1.54) is 0 Å². The topological polar surface area (TPSA) is 58.9 Å². The molecule has 1 aliphatic rings. The summed E-state index contributed by atoms with van der Waals surface area (Å²) in [5, 5.41) is 18.8. The molecule has 12 heavy (non-hydrogen) atoms. The summed E-state index contributed by atoms with van der Waals surface area (Å²) in [5.74, 6) is 0. The summed E-state index contributed by atoms with van der Waals surface area (Å²) < 4.78 is 10.4. The van der Waals surface area contributed by atoms with Crippen molar-refractivity contribution in [3.8, 4) is 0 Å². The Balaban J connectivity index is 2.62. The van der Waals surface area contributed by atoms with Crippen molar-refractivity contribution < 1.29 is 19.7 Å². The summed E-state index contributed by atoms with van der Waals surface area (Å²) in [6.07, 6.45) is -0.342. The predicted molar refractivity (Wildman–Crippen MR) is 42.6 cm³/mol. The summed E-state index contributed by atoms with van der Waals surface area (Å²) in [4.78, 5) is 0. The van der Waals surface area contributed by atoms with Gasteiger partial charge in [-0.05, 0) is 13.3 Å². The third-order valence-electron chi connectivity index (χ3n) is 2.30. The predicted octanol–water partition coefficient (Wildman–Crippen LogP) is -0.119. The molecule has 0 spiro atoms. The molecule has 4 heteroatoms. The highest BCUT2D eigenvalue weighted by atomic mass is 16.7. The highest BCUT2D eigenvalue weighted by Crippen LogP contribution is 2.25. The molecule has 3 atom stereocenters. The second-order valence-electron chi connectivity index (χ2n) is 3.14. The zero-order valence-corrected chi connectivity index (χ0v) is 7.49. The molecular formula is C8H16O4. The Bertz CT molecular complexity index is 150. The molecule has 1 heterocycles. The van der Waals surface area contributed by atoms with E-state index >= 15 is 0 Å². The maximum Gasteiger partial charge on any atom is 0.155 e. The summed E-state index contributed by atoms with van der Waals surface area (Å²) in [6.45, 7) is 3.65. The van der Waals surface area contributed by atoms with Crippen molar-refractivity contribution in [2.75, 3.05) is 13.2 Å². The van der Waals surface area contributed by atoms with Crippen LogP contribution in [0.4, 0.5) is 0 Å². The maximum absolute atomic E-state index is 9.85. The minimum absolute atomic E-state index is 0.169. The van der Waals surface area contributed by atoms with Crippen LogP contribution in [0.3, 0.4) is 0 Å². The van der Waals surface area contributed by atoms with Crippen molar-refractivity contribution >= 4 is 0 Å². The third kappa shape index (κ3) is 1.77.